The third-order valence-corrected chi connectivity index (χ3v) is 3.58. The lowest BCUT2D eigenvalue weighted by atomic mass is 10.1. The molecule has 0 spiro atoms. The summed E-state index contributed by atoms with van der Waals surface area (Å²) >= 11 is 0. The number of rotatable bonds is 6. The number of carbonyl (C=O) groups is 1. The van der Waals surface area contributed by atoms with Gasteiger partial charge in [-0.2, -0.15) is 0 Å². The Morgan fingerprint density at radius 2 is 1.65 bits per heavy atom. The van der Waals surface area contributed by atoms with Crippen molar-refractivity contribution >= 4 is 30.2 Å². The summed E-state index contributed by atoms with van der Waals surface area (Å²) in [5, 5.41) is 20.6. The fraction of sp³-hybridized carbons (Fsp3) is 0.364. The van der Waals surface area contributed by atoms with Crippen LogP contribution in [-0.4, -0.2) is 32.2 Å². The van der Waals surface area contributed by atoms with E-state index in [1.807, 2.05) is 0 Å². The zero-order valence-corrected chi connectivity index (χ0v) is 12.9. The first-order chi connectivity index (χ1) is 10.4. The van der Waals surface area contributed by atoms with Crippen molar-refractivity contribution in [3.63, 3.8) is 0 Å². The van der Waals surface area contributed by atoms with Crippen LogP contribution in [0.4, 0.5) is 11.4 Å². The highest BCUT2D eigenvalue weighted by atomic mass is 31.2. The van der Waals surface area contributed by atoms with Crippen molar-refractivity contribution in [3.05, 3.63) is 37.9 Å². The van der Waals surface area contributed by atoms with E-state index in [0.29, 0.717) is 12.1 Å². The molecule has 126 valence electrons. The van der Waals surface area contributed by atoms with Gasteiger partial charge in [-0.1, -0.05) is 13.8 Å². The van der Waals surface area contributed by atoms with E-state index in [1.54, 1.807) is 13.8 Å². The second kappa shape index (κ2) is 6.82. The summed E-state index contributed by atoms with van der Waals surface area (Å²) in [5.41, 5.74) is -2.98. The summed E-state index contributed by atoms with van der Waals surface area (Å²) in [4.78, 5) is 49.6. The lowest BCUT2D eigenvalue weighted by molar-refractivity contribution is -0.391. The van der Waals surface area contributed by atoms with Gasteiger partial charge in [-0.05, 0) is 5.92 Å². The monoisotopic (exact) mass is 348 g/mol. The second-order valence-corrected chi connectivity index (χ2v) is 6.45. The standard InChI is InChI=1S/C11H13N2O9P/c1-6(2)5-22-11(14)7-3-8(12(15)16)10(23(19,20)21)9(4-7)13(17)18/h3-4,6H,5H2,1-2H3,(H2,19,20,21). The molecule has 1 aromatic carbocycles. The summed E-state index contributed by atoms with van der Waals surface area (Å²) in [6.07, 6.45) is 0. The summed E-state index contributed by atoms with van der Waals surface area (Å²) in [7, 11) is -5.32. The average Bonchev–Trinajstić information content (AvgIpc) is 2.41. The summed E-state index contributed by atoms with van der Waals surface area (Å²) in [6, 6.07) is 1.09. The van der Waals surface area contributed by atoms with E-state index in [0.717, 1.165) is 0 Å². The van der Waals surface area contributed by atoms with Crippen molar-refractivity contribution in [3.8, 4) is 0 Å². The molecule has 0 saturated heterocycles. The van der Waals surface area contributed by atoms with Gasteiger partial charge in [0.1, 0.15) is 0 Å². The Morgan fingerprint density at radius 1 is 1.22 bits per heavy atom. The van der Waals surface area contributed by atoms with E-state index in [4.69, 9.17) is 14.5 Å². The predicted molar refractivity (Wildman–Crippen MR) is 76.5 cm³/mol. The zero-order chi connectivity index (χ0) is 17.9. The molecular weight excluding hydrogens is 335 g/mol. The van der Waals surface area contributed by atoms with Gasteiger partial charge in [0.25, 0.3) is 11.4 Å². The SMILES string of the molecule is CC(C)COC(=O)c1cc([N+](=O)[O-])c(P(=O)(O)O)c([N+](=O)[O-])c1. The number of hydrogen-bond acceptors (Lipinski definition) is 7. The van der Waals surface area contributed by atoms with Gasteiger partial charge in [0, 0.05) is 12.1 Å². The molecule has 0 aliphatic heterocycles. The van der Waals surface area contributed by atoms with Crippen molar-refractivity contribution in [1.29, 1.82) is 0 Å². The predicted octanol–water partition coefficient (Wildman–Crippen LogP) is 1.12. The third-order valence-electron chi connectivity index (χ3n) is 2.54. The minimum absolute atomic E-state index is 0.0271. The molecule has 0 saturated carbocycles. The van der Waals surface area contributed by atoms with Crippen LogP contribution in [0, 0.1) is 26.1 Å². The number of esters is 1. The summed E-state index contributed by atoms with van der Waals surface area (Å²) in [5.74, 6) is -1.11. The number of ether oxygens (including phenoxy) is 1. The molecule has 0 aliphatic carbocycles. The Labute approximate surface area is 129 Å². The molecule has 0 aliphatic rings. The van der Waals surface area contributed by atoms with Crippen LogP contribution in [-0.2, 0) is 9.30 Å². The van der Waals surface area contributed by atoms with Gasteiger partial charge >= 0.3 is 13.6 Å². The zero-order valence-electron chi connectivity index (χ0n) is 12.0. The normalized spacial score (nSPS) is 11.3. The Hall–Kier alpha value is -2.36. The Bertz CT molecular complexity index is 674. The molecule has 0 fully saturated rings. The van der Waals surface area contributed by atoms with E-state index < -0.39 is 45.7 Å². The van der Waals surface area contributed by atoms with Crippen LogP contribution in [0.3, 0.4) is 0 Å². The Morgan fingerprint density at radius 3 is 1.96 bits per heavy atom. The maximum absolute atomic E-state index is 11.8. The average molecular weight is 348 g/mol. The maximum atomic E-state index is 11.8. The van der Waals surface area contributed by atoms with Crippen molar-refractivity contribution in [2.45, 2.75) is 13.8 Å². The van der Waals surface area contributed by atoms with Crippen molar-refractivity contribution in [2.24, 2.45) is 5.92 Å². The molecule has 0 unspecified atom stereocenters. The van der Waals surface area contributed by atoms with Gasteiger partial charge in [-0.15, -0.1) is 0 Å². The molecule has 0 radical (unpaired) electrons. The topological polar surface area (TPSA) is 170 Å². The number of hydrogen-bond donors (Lipinski definition) is 2. The molecule has 1 aromatic rings. The maximum Gasteiger partial charge on any atom is 0.370 e. The number of nitro benzene ring substituents is 2. The fourth-order valence-electron chi connectivity index (χ4n) is 1.62. The molecular formula is C11H13N2O9P. The highest BCUT2D eigenvalue weighted by molar-refractivity contribution is 7.61. The van der Waals surface area contributed by atoms with Gasteiger partial charge in [0.15, 0.2) is 0 Å². The molecule has 2 N–H and O–H groups in total. The lowest BCUT2D eigenvalue weighted by Gasteiger charge is -2.10. The number of nitro groups is 2. The summed E-state index contributed by atoms with van der Waals surface area (Å²) < 4.78 is 16.2. The molecule has 0 atom stereocenters. The fourth-order valence-corrected chi connectivity index (χ4v) is 2.51. The van der Waals surface area contributed by atoms with E-state index in [-0.39, 0.29) is 12.5 Å². The highest BCUT2D eigenvalue weighted by Crippen LogP contribution is 2.42. The second-order valence-electron chi connectivity index (χ2n) is 4.91. The van der Waals surface area contributed by atoms with Crippen LogP contribution in [0.15, 0.2) is 12.1 Å². The van der Waals surface area contributed by atoms with Crippen LogP contribution >= 0.6 is 7.60 Å². The highest BCUT2D eigenvalue weighted by Gasteiger charge is 2.39. The Kier molecular flexibility index (Phi) is 5.54. The minimum Gasteiger partial charge on any atom is -0.462 e. The molecule has 1 rings (SSSR count). The lowest BCUT2D eigenvalue weighted by Crippen LogP contribution is -2.18. The first-order valence-corrected chi connectivity index (χ1v) is 7.76. The van der Waals surface area contributed by atoms with Crippen LogP contribution in [0.1, 0.15) is 24.2 Å². The van der Waals surface area contributed by atoms with Crippen molar-refractivity contribution in [2.75, 3.05) is 6.61 Å². The number of carbonyl (C=O) groups excluding carboxylic acids is 1. The number of nitrogens with zero attached hydrogens (tertiary/aromatic N) is 2. The van der Waals surface area contributed by atoms with Crippen LogP contribution < -0.4 is 5.30 Å². The van der Waals surface area contributed by atoms with Crippen LogP contribution in [0.5, 0.6) is 0 Å². The number of benzene rings is 1. The Balaban J connectivity index is 3.55. The minimum atomic E-state index is -5.32. The molecule has 11 nitrogen and oxygen atoms in total. The van der Waals surface area contributed by atoms with Gasteiger partial charge in [-0.3, -0.25) is 24.8 Å². The van der Waals surface area contributed by atoms with Gasteiger partial charge in [0.05, 0.1) is 22.0 Å². The van der Waals surface area contributed by atoms with Gasteiger partial charge < -0.3 is 14.5 Å². The largest absolute Gasteiger partial charge is 0.462 e. The smallest absolute Gasteiger partial charge is 0.370 e. The molecule has 12 heteroatoms. The van der Waals surface area contributed by atoms with E-state index >= 15 is 0 Å². The first kappa shape index (κ1) is 18.7. The summed E-state index contributed by atoms with van der Waals surface area (Å²) in [6.45, 7) is 3.44. The van der Waals surface area contributed by atoms with E-state index in [2.05, 4.69) is 0 Å². The van der Waals surface area contributed by atoms with Crippen LogP contribution in [0.25, 0.3) is 0 Å². The molecule has 0 heterocycles. The van der Waals surface area contributed by atoms with Crippen molar-refractivity contribution < 1.29 is 33.7 Å². The molecule has 0 bridgehead atoms. The third kappa shape index (κ3) is 4.55. The van der Waals surface area contributed by atoms with Gasteiger partial charge in [-0.25, -0.2) is 4.79 Å². The molecule has 0 aromatic heterocycles. The first-order valence-electron chi connectivity index (χ1n) is 6.15. The van der Waals surface area contributed by atoms with Gasteiger partial charge in [0.2, 0.25) is 5.30 Å². The van der Waals surface area contributed by atoms with E-state index in [1.165, 1.54) is 0 Å². The van der Waals surface area contributed by atoms with Crippen molar-refractivity contribution in [1.82, 2.24) is 0 Å². The molecule has 23 heavy (non-hydrogen) atoms. The van der Waals surface area contributed by atoms with E-state index in [9.17, 15) is 29.6 Å². The quantitative estimate of drug-likeness (QED) is 0.331. The van der Waals surface area contributed by atoms with Crippen LogP contribution in [0.2, 0.25) is 0 Å². The molecule has 0 amide bonds.